The van der Waals surface area contributed by atoms with Crippen molar-refractivity contribution in [1.29, 1.82) is 0 Å². The number of methoxy groups -OCH3 is 1. The van der Waals surface area contributed by atoms with Crippen LogP contribution >= 0.6 is 0 Å². The van der Waals surface area contributed by atoms with Crippen LogP contribution in [0.5, 0.6) is 5.75 Å². The van der Waals surface area contributed by atoms with Crippen LogP contribution in [0.15, 0.2) is 77.7 Å². The van der Waals surface area contributed by atoms with E-state index in [0.717, 1.165) is 36.5 Å². The first kappa shape index (κ1) is 23.6. The van der Waals surface area contributed by atoms with Crippen molar-refractivity contribution in [3.63, 3.8) is 0 Å². The first-order chi connectivity index (χ1) is 16.4. The zero-order valence-corrected chi connectivity index (χ0v) is 20.2. The van der Waals surface area contributed by atoms with Crippen molar-refractivity contribution in [2.45, 2.75) is 18.2 Å². The number of anilines is 2. The molecular weight excluding hydrogens is 450 g/mol. The van der Waals surface area contributed by atoms with Gasteiger partial charge in [-0.1, -0.05) is 17.7 Å². The summed E-state index contributed by atoms with van der Waals surface area (Å²) in [6, 6.07) is 21.2. The summed E-state index contributed by atoms with van der Waals surface area (Å²) in [6.45, 7) is 4.78. The van der Waals surface area contributed by atoms with Gasteiger partial charge in [0.25, 0.3) is 15.9 Å². The Morgan fingerprint density at radius 1 is 0.853 bits per heavy atom. The molecule has 0 radical (unpaired) electrons. The number of nitrogens with zero attached hydrogens (tertiary/aromatic N) is 2. The van der Waals surface area contributed by atoms with Gasteiger partial charge in [-0.2, -0.15) is 0 Å². The monoisotopic (exact) mass is 479 g/mol. The molecule has 1 saturated heterocycles. The summed E-state index contributed by atoms with van der Waals surface area (Å²) in [6.07, 6.45) is 0.852. The summed E-state index contributed by atoms with van der Waals surface area (Å²) in [5, 5.41) is 0. The van der Waals surface area contributed by atoms with Gasteiger partial charge in [0.2, 0.25) is 0 Å². The van der Waals surface area contributed by atoms with Gasteiger partial charge in [-0.05, 0) is 74.0 Å². The van der Waals surface area contributed by atoms with Crippen LogP contribution in [-0.4, -0.2) is 52.5 Å². The molecule has 0 atom stereocenters. The number of amides is 1. The Kier molecular flexibility index (Phi) is 7.07. The third kappa shape index (κ3) is 5.51. The number of carbonyl (C=O) groups excluding carboxylic acids is 1. The molecule has 3 aromatic rings. The lowest BCUT2D eigenvalue weighted by atomic mass is 10.2. The van der Waals surface area contributed by atoms with Crippen molar-refractivity contribution in [3.8, 4) is 5.75 Å². The molecule has 4 rings (SSSR count). The van der Waals surface area contributed by atoms with Crippen molar-refractivity contribution in [2.24, 2.45) is 0 Å². The van der Waals surface area contributed by atoms with Gasteiger partial charge in [-0.3, -0.25) is 9.52 Å². The van der Waals surface area contributed by atoms with Crippen molar-refractivity contribution in [2.75, 3.05) is 42.9 Å². The van der Waals surface area contributed by atoms with Crippen LogP contribution in [0, 0.1) is 6.92 Å². The molecule has 0 spiro atoms. The summed E-state index contributed by atoms with van der Waals surface area (Å²) in [5.74, 6) is 0.724. The van der Waals surface area contributed by atoms with E-state index in [-0.39, 0.29) is 10.8 Å². The topological polar surface area (TPSA) is 79.0 Å². The van der Waals surface area contributed by atoms with Crippen molar-refractivity contribution in [1.82, 2.24) is 4.90 Å². The largest absolute Gasteiger partial charge is 0.497 e. The molecule has 1 heterocycles. The molecule has 0 bridgehead atoms. The van der Waals surface area contributed by atoms with Crippen molar-refractivity contribution >= 4 is 27.3 Å². The lowest BCUT2D eigenvalue weighted by Gasteiger charge is -2.24. The maximum atomic E-state index is 13.1. The predicted octanol–water partition coefficient (Wildman–Crippen LogP) is 4.16. The number of aryl methyl sites for hydroxylation is 1. The van der Waals surface area contributed by atoms with Gasteiger partial charge in [0.1, 0.15) is 5.75 Å². The molecule has 1 aliphatic heterocycles. The van der Waals surface area contributed by atoms with Gasteiger partial charge < -0.3 is 14.5 Å². The minimum atomic E-state index is -3.73. The van der Waals surface area contributed by atoms with Crippen LogP contribution in [0.4, 0.5) is 11.4 Å². The van der Waals surface area contributed by atoms with Gasteiger partial charge in [0.05, 0.1) is 12.0 Å². The van der Waals surface area contributed by atoms with Crippen LogP contribution in [0.2, 0.25) is 0 Å². The van der Waals surface area contributed by atoms with E-state index < -0.39 is 10.0 Å². The number of hydrogen-bond acceptors (Lipinski definition) is 5. The van der Waals surface area contributed by atoms with Gasteiger partial charge in [-0.25, -0.2) is 8.42 Å². The molecule has 7 nitrogen and oxygen atoms in total. The zero-order chi connectivity index (χ0) is 24.1. The molecule has 1 fully saturated rings. The molecule has 0 aliphatic carbocycles. The van der Waals surface area contributed by atoms with Gasteiger partial charge in [-0.15, -0.1) is 0 Å². The summed E-state index contributed by atoms with van der Waals surface area (Å²) in [5.41, 5.74) is 3.13. The first-order valence-electron chi connectivity index (χ1n) is 11.2. The second-order valence-electron chi connectivity index (χ2n) is 8.33. The maximum Gasteiger partial charge on any atom is 0.261 e. The number of rotatable bonds is 6. The Hall–Kier alpha value is -3.52. The first-order valence-corrected chi connectivity index (χ1v) is 12.7. The fourth-order valence-electron chi connectivity index (χ4n) is 3.97. The molecule has 1 aliphatic rings. The Bertz CT molecular complexity index is 1220. The minimum absolute atomic E-state index is 0.0907. The lowest BCUT2D eigenvalue weighted by molar-refractivity contribution is 0.0767. The molecular formula is C26H29N3O4S. The van der Waals surface area contributed by atoms with E-state index in [4.69, 9.17) is 4.74 Å². The predicted molar refractivity (Wildman–Crippen MR) is 134 cm³/mol. The van der Waals surface area contributed by atoms with E-state index in [9.17, 15) is 13.2 Å². The van der Waals surface area contributed by atoms with Gasteiger partial charge in [0, 0.05) is 43.1 Å². The third-order valence-corrected chi connectivity index (χ3v) is 7.33. The molecule has 34 heavy (non-hydrogen) atoms. The van der Waals surface area contributed by atoms with Gasteiger partial charge in [0.15, 0.2) is 0 Å². The SMILES string of the molecule is COc1ccc(N2CCCN(C(=O)c3ccc(S(=O)(=O)Nc4ccc(C)cc4)cc3)CC2)cc1. The number of ether oxygens (including phenoxy) is 1. The Balaban J connectivity index is 1.40. The Morgan fingerprint density at radius 2 is 1.53 bits per heavy atom. The molecule has 0 unspecified atom stereocenters. The molecule has 3 aromatic carbocycles. The Morgan fingerprint density at radius 3 is 2.18 bits per heavy atom. The summed E-state index contributed by atoms with van der Waals surface area (Å²) in [4.78, 5) is 17.3. The van der Waals surface area contributed by atoms with E-state index in [2.05, 4.69) is 9.62 Å². The third-order valence-electron chi connectivity index (χ3n) is 5.94. The van der Waals surface area contributed by atoms with E-state index in [1.54, 1.807) is 31.4 Å². The highest BCUT2D eigenvalue weighted by atomic mass is 32.2. The molecule has 1 N–H and O–H groups in total. The van der Waals surface area contributed by atoms with E-state index in [0.29, 0.717) is 24.3 Å². The second-order valence-corrected chi connectivity index (χ2v) is 10.0. The van der Waals surface area contributed by atoms with Crippen LogP contribution < -0.4 is 14.4 Å². The number of nitrogens with one attached hydrogen (secondary N) is 1. The summed E-state index contributed by atoms with van der Waals surface area (Å²) >= 11 is 0. The van der Waals surface area contributed by atoms with E-state index >= 15 is 0 Å². The Labute approximate surface area is 201 Å². The minimum Gasteiger partial charge on any atom is -0.497 e. The fraction of sp³-hybridized carbons (Fsp3) is 0.269. The highest BCUT2D eigenvalue weighted by Crippen LogP contribution is 2.22. The summed E-state index contributed by atoms with van der Waals surface area (Å²) in [7, 11) is -2.09. The number of benzene rings is 3. The van der Waals surface area contributed by atoms with Crippen molar-refractivity contribution < 1.29 is 17.9 Å². The van der Waals surface area contributed by atoms with E-state index in [1.807, 2.05) is 48.2 Å². The fourth-order valence-corrected chi connectivity index (χ4v) is 5.03. The van der Waals surface area contributed by atoms with Crippen LogP contribution in [0.1, 0.15) is 22.3 Å². The molecule has 8 heteroatoms. The van der Waals surface area contributed by atoms with Crippen LogP contribution in [0.25, 0.3) is 0 Å². The van der Waals surface area contributed by atoms with Crippen molar-refractivity contribution in [3.05, 3.63) is 83.9 Å². The highest BCUT2D eigenvalue weighted by Gasteiger charge is 2.22. The van der Waals surface area contributed by atoms with Gasteiger partial charge >= 0.3 is 0 Å². The highest BCUT2D eigenvalue weighted by molar-refractivity contribution is 7.92. The second kappa shape index (κ2) is 10.2. The molecule has 178 valence electrons. The maximum absolute atomic E-state index is 13.1. The molecule has 0 aromatic heterocycles. The number of sulfonamides is 1. The summed E-state index contributed by atoms with van der Waals surface area (Å²) < 4.78 is 33.2. The standard InChI is InChI=1S/C26H29N3O4S/c1-20-4-8-22(9-5-20)27-34(31,32)25-14-6-21(7-15-25)26(30)29-17-3-16-28(18-19-29)23-10-12-24(33-2)13-11-23/h4-15,27H,3,16-19H2,1-2H3. The van der Waals surface area contributed by atoms with E-state index in [1.165, 1.54) is 12.1 Å². The molecule has 0 saturated carbocycles. The van der Waals surface area contributed by atoms with Crippen LogP contribution in [-0.2, 0) is 10.0 Å². The average Bonchev–Trinajstić information content (AvgIpc) is 3.11. The zero-order valence-electron chi connectivity index (χ0n) is 19.4. The number of carbonyl (C=O) groups is 1. The molecule has 1 amide bonds. The smallest absolute Gasteiger partial charge is 0.261 e. The quantitative estimate of drug-likeness (QED) is 0.575. The van der Waals surface area contributed by atoms with Crippen LogP contribution in [0.3, 0.4) is 0 Å². The normalized spacial score (nSPS) is 14.4. The lowest BCUT2D eigenvalue weighted by Crippen LogP contribution is -2.35. The number of hydrogen-bond donors (Lipinski definition) is 1. The average molecular weight is 480 g/mol.